The van der Waals surface area contributed by atoms with Crippen molar-refractivity contribution in [2.24, 2.45) is 5.10 Å². The quantitative estimate of drug-likeness (QED) is 0.307. The molecule has 178 valence electrons. The van der Waals surface area contributed by atoms with E-state index in [1.807, 2.05) is 0 Å². The molecule has 3 aromatic carbocycles. The molecular formula is C25H20F3N5O2. The van der Waals surface area contributed by atoms with Crippen LogP contribution >= 0.6 is 0 Å². The average molecular weight is 479 g/mol. The van der Waals surface area contributed by atoms with Crippen LogP contribution in [-0.2, 0) is 11.0 Å². The number of rotatable bonds is 5. The molecule has 0 saturated heterocycles. The SMILES string of the molecule is CC(=O)Nc1ccc(-n2c(C)nc3ccccc3c2=O)cc1N/N=C/c1ccc(C(F)(F)F)cc1. The monoisotopic (exact) mass is 479 g/mol. The minimum atomic E-state index is -4.42. The van der Waals surface area contributed by atoms with Crippen LogP contribution in [0.15, 0.2) is 76.6 Å². The van der Waals surface area contributed by atoms with E-state index in [1.54, 1.807) is 49.4 Å². The summed E-state index contributed by atoms with van der Waals surface area (Å²) >= 11 is 0. The van der Waals surface area contributed by atoms with Crippen molar-refractivity contribution >= 4 is 34.4 Å². The molecule has 0 aliphatic rings. The molecule has 10 heteroatoms. The number of para-hydroxylation sites is 1. The summed E-state index contributed by atoms with van der Waals surface area (Å²) in [5, 5.41) is 7.23. The molecule has 1 amide bonds. The Balaban J connectivity index is 1.69. The van der Waals surface area contributed by atoms with Gasteiger partial charge in [-0.25, -0.2) is 4.98 Å². The summed E-state index contributed by atoms with van der Waals surface area (Å²) in [6, 6.07) is 16.4. The largest absolute Gasteiger partial charge is 0.416 e. The zero-order chi connectivity index (χ0) is 25.2. The summed E-state index contributed by atoms with van der Waals surface area (Å²) in [7, 11) is 0. The first-order valence-corrected chi connectivity index (χ1v) is 10.5. The number of benzene rings is 3. The summed E-state index contributed by atoms with van der Waals surface area (Å²) in [6.07, 6.45) is -3.07. The van der Waals surface area contributed by atoms with Crippen LogP contribution in [-0.4, -0.2) is 21.7 Å². The first kappa shape index (κ1) is 23.7. The third kappa shape index (κ3) is 5.21. The Kier molecular flexibility index (Phi) is 6.37. The van der Waals surface area contributed by atoms with Crippen LogP contribution in [0.4, 0.5) is 24.5 Å². The van der Waals surface area contributed by atoms with Gasteiger partial charge in [0.1, 0.15) is 5.82 Å². The molecule has 7 nitrogen and oxygen atoms in total. The van der Waals surface area contributed by atoms with Gasteiger partial charge in [-0.3, -0.25) is 19.6 Å². The lowest BCUT2D eigenvalue weighted by Gasteiger charge is -2.15. The maximum Gasteiger partial charge on any atom is 0.416 e. The fourth-order valence-corrected chi connectivity index (χ4v) is 3.54. The normalized spacial score (nSPS) is 11.7. The van der Waals surface area contributed by atoms with Gasteiger partial charge in [0.05, 0.1) is 39.7 Å². The zero-order valence-electron chi connectivity index (χ0n) is 18.7. The van der Waals surface area contributed by atoms with Crippen LogP contribution in [0.1, 0.15) is 23.9 Å². The van der Waals surface area contributed by atoms with Crippen LogP contribution < -0.4 is 16.3 Å². The number of hydrogen-bond acceptors (Lipinski definition) is 5. The second-order valence-corrected chi connectivity index (χ2v) is 7.72. The number of hydrazone groups is 1. The molecule has 4 aromatic rings. The molecule has 1 aromatic heterocycles. The molecule has 2 N–H and O–H groups in total. The van der Waals surface area contributed by atoms with Crippen molar-refractivity contribution in [1.29, 1.82) is 0 Å². The van der Waals surface area contributed by atoms with E-state index in [2.05, 4.69) is 20.8 Å². The van der Waals surface area contributed by atoms with Gasteiger partial charge in [-0.05, 0) is 55.0 Å². The molecule has 0 aliphatic carbocycles. The van der Waals surface area contributed by atoms with E-state index < -0.39 is 11.7 Å². The van der Waals surface area contributed by atoms with E-state index in [-0.39, 0.29) is 11.5 Å². The van der Waals surface area contributed by atoms with Gasteiger partial charge in [0, 0.05) is 6.92 Å². The van der Waals surface area contributed by atoms with E-state index >= 15 is 0 Å². The Morgan fingerprint density at radius 2 is 1.74 bits per heavy atom. The number of carbonyl (C=O) groups is 1. The van der Waals surface area contributed by atoms with Crippen molar-refractivity contribution in [2.75, 3.05) is 10.7 Å². The molecular weight excluding hydrogens is 459 g/mol. The standard InChI is InChI=1S/C25H20F3N5O2/c1-15-30-21-6-4-3-5-20(21)24(35)33(15)19-11-12-22(31-16(2)34)23(13-19)32-29-14-17-7-9-18(10-8-17)25(26,27)28/h3-14,32H,1-2H3,(H,31,34)/b29-14+. The molecule has 0 fully saturated rings. The maximum atomic E-state index is 13.1. The molecule has 35 heavy (non-hydrogen) atoms. The number of hydrogen-bond donors (Lipinski definition) is 2. The fourth-order valence-electron chi connectivity index (χ4n) is 3.54. The van der Waals surface area contributed by atoms with Crippen molar-refractivity contribution in [2.45, 2.75) is 20.0 Å². The number of alkyl halides is 3. The van der Waals surface area contributed by atoms with E-state index in [0.717, 1.165) is 12.1 Å². The predicted molar refractivity (Wildman–Crippen MR) is 129 cm³/mol. The Hall–Kier alpha value is -4.47. The van der Waals surface area contributed by atoms with E-state index in [1.165, 1.54) is 29.8 Å². The van der Waals surface area contributed by atoms with Crippen molar-refractivity contribution in [3.05, 3.63) is 94.0 Å². The number of amides is 1. The van der Waals surface area contributed by atoms with Crippen LogP contribution in [0.2, 0.25) is 0 Å². The second kappa shape index (κ2) is 9.41. The highest BCUT2D eigenvalue weighted by Gasteiger charge is 2.29. The topological polar surface area (TPSA) is 88.4 Å². The highest BCUT2D eigenvalue weighted by Crippen LogP contribution is 2.29. The molecule has 0 radical (unpaired) electrons. The minimum absolute atomic E-state index is 0.250. The summed E-state index contributed by atoms with van der Waals surface area (Å²) in [5.41, 5.74) is 4.09. The van der Waals surface area contributed by atoms with Gasteiger partial charge in [-0.1, -0.05) is 24.3 Å². The van der Waals surface area contributed by atoms with Crippen molar-refractivity contribution < 1.29 is 18.0 Å². The molecule has 0 bridgehead atoms. The molecule has 4 rings (SSSR count). The van der Waals surface area contributed by atoms with Crippen LogP contribution in [0.25, 0.3) is 16.6 Å². The minimum Gasteiger partial charge on any atom is -0.324 e. The Bertz CT molecular complexity index is 1490. The molecule has 0 saturated carbocycles. The lowest BCUT2D eigenvalue weighted by Crippen LogP contribution is -2.22. The summed E-state index contributed by atoms with van der Waals surface area (Å²) in [4.78, 5) is 29.3. The number of nitrogens with zero attached hydrogens (tertiary/aromatic N) is 3. The van der Waals surface area contributed by atoms with Gasteiger partial charge >= 0.3 is 6.18 Å². The van der Waals surface area contributed by atoms with E-state index in [0.29, 0.717) is 39.4 Å². The number of fused-ring (bicyclic) bond motifs is 1. The lowest BCUT2D eigenvalue weighted by atomic mass is 10.1. The van der Waals surface area contributed by atoms with Gasteiger partial charge in [-0.2, -0.15) is 18.3 Å². The first-order valence-electron chi connectivity index (χ1n) is 10.5. The molecule has 1 heterocycles. The summed E-state index contributed by atoms with van der Waals surface area (Å²) < 4.78 is 39.7. The van der Waals surface area contributed by atoms with Crippen molar-refractivity contribution in [3.63, 3.8) is 0 Å². The fraction of sp³-hybridized carbons (Fsp3) is 0.120. The van der Waals surface area contributed by atoms with Gasteiger partial charge in [0.2, 0.25) is 5.91 Å². The van der Waals surface area contributed by atoms with Gasteiger partial charge < -0.3 is 5.32 Å². The lowest BCUT2D eigenvalue weighted by molar-refractivity contribution is -0.137. The number of aryl methyl sites for hydroxylation is 1. The van der Waals surface area contributed by atoms with E-state index in [4.69, 9.17) is 0 Å². The van der Waals surface area contributed by atoms with E-state index in [9.17, 15) is 22.8 Å². The number of nitrogens with one attached hydrogen (secondary N) is 2. The smallest absolute Gasteiger partial charge is 0.324 e. The summed E-state index contributed by atoms with van der Waals surface area (Å²) in [5.74, 6) is 0.161. The van der Waals surface area contributed by atoms with Crippen molar-refractivity contribution in [1.82, 2.24) is 9.55 Å². The first-order chi connectivity index (χ1) is 16.6. The van der Waals surface area contributed by atoms with Crippen molar-refractivity contribution in [3.8, 4) is 5.69 Å². The summed E-state index contributed by atoms with van der Waals surface area (Å²) in [6.45, 7) is 3.07. The molecule has 0 unspecified atom stereocenters. The van der Waals surface area contributed by atoms with Crippen LogP contribution in [0.3, 0.4) is 0 Å². The molecule has 0 atom stereocenters. The Morgan fingerprint density at radius 1 is 1.03 bits per heavy atom. The second-order valence-electron chi connectivity index (χ2n) is 7.72. The number of anilines is 2. The molecule has 0 aliphatic heterocycles. The highest BCUT2D eigenvalue weighted by molar-refractivity contribution is 5.93. The Labute approximate surface area is 197 Å². The number of aromatic nitrogens is 2. The zero-order valence-corrected chi connectivity index (χ0v) is 18.7. The highest BCUT2D eigenvalue weighted by atomic mass is 19.4. The van der Waals surface area contributed by atoms with Gasteiger partial charge in [-0.15, -0.1) is 0 Å². The third-order valence-corrected chi connectivity index (χ3v) is 5.15. The predicted octanol–water partition coefficient (Wildman–Crippen LogP) is 5.12. The number of halogens is 3. The van der Waals surface area contributed by atoms with Gasteiger partial charge in [0.25, 0.3) is 5.56 Å². The Morgan fingerprint density at radius 3 is 2.43 bits per heavy atom. The third-order valence-electron chi connectivity index (χ3n) is 5.15. The van der Waals surface area contributed by atoms with Gasteiger partial charge in [0.15, 0.2) is 0 Å². The van der Waals surface area contributed by atoms with Crippen LogP contribution in [0, 0.1) is 6.92 Å². The maximum absolute atomic E-state index is 13.1. The number of carbonyl (C=O) groups excluding carboxylic acids is 1. The molecule has 0 spiro atoms. The van der Waals surface area contributed by atoms with Crippen LogP contribution in [0.5, 0.6) is 0 Å². The average Bonchev–Trinajstić information content (AvgIpc) is 2.80.